The van der Waals surface area contributed by atoms with Crippen molar-refractivity contribution in [2.45, 2.75) is 17.8 Å². The third kappa shape index (κ3) is 5.61. The van der Waals surface area contributed by atoms with Crippen molar-refractivity contribution >= 4 is 17.8 Å². The van der Waals surface area contributed by atoms with E-state index in [9.17, 15) is 27.6 Å². The first-order chi connectivity index (χ1) is 15.6. The molecule has 0 saturated heterocycles. The fourth-order valence-electron chi connectivity index (χ4n) is 2.98. The Morgan fingerprint density at radius 1 is 0.909 bits per heavy atom. The normalized spacial score (nSPS) is 13.9. The van der Waals surface area contributed by atoms with Crippen molar-refractivity contribution in [3.63, 3.8) is 0 Å². The number of amides is 1. The van der Waals surface area contributed by atoms with Crippen LogP contribution < -0.4 is 10.1 Å². The first-order valence-electron chi connectivity index (χ1n) is 9.48. The Hall–Kier alpha value is -3.60. The number of carbonyl (C=O) groups is 3. The molecule has 0 aliphatic heterocycles. The van der Waals surface area contributed by atoms with Crippen LogP contribution in [0.3, 0.4) is 0 Å². The smallest absolute Gasteiger partial charge is 0.430 e. The molecule has 1 amide bonds. The first-order valence-corrected chi connectivity index (χ1v) is 9.48. The highest BCUT2D eigenvalue weighted by Crippen LogP contribution is 2.42. The van der Waals surface area contributed by atoms with Crippen molar-refractivity contribution in [3.8, 4) is 5.75 Å². The minimum atomic E-state index is -5.15. The monoisotopic (exact) mass is 469 g/mol. The van der Waals surface area contributed by atoms with E-state index in [1.165, 1.54) is 49.6 Å². The molecule has 178 valence electrons. The summed E-state index contributed by atoms with van der Waals surface area (Å²) >= 11 is 0. The molecule has 33 heavy (non-hydrogen) atoms. The number of carbonyl (C=O) groups excluding carboxylic acids is 3. The van der Waals surface area contributed by atoms with Gasteiger partial charge in [0.05, 0.1) is 19.8 Å². The predicted octanol–water partition coefficient (Wildman–Crippen LogP) is 2.61. The molecule has 0 unspecified atom stereocenters. The van der Waals surface area contributed by atoms with Crippen LogP contribution in [0.2, 0.25) is 0 Å². The molecule has 0 aliphatic rings. The lowest BCUT2D eigenvalue weighted by atomic mass is 9.91. The van der Waals surface area contributed by atoms with Gasteiger partial charge in [-0.2, -0.15) is 13.2 Å². The summed E-state index contributed by atoms with van der Waals surface area (Å²) < 4.78 is 61.4. The van der Waals surface area contributed by atoms with Gasteiger partial charge in [0.2, 0.25) is 0 Å². The molecule has 0 aromatic heterocycles. The van der Waals surface area contributed by atoms with Gasteiger partial charge in [0.15, 0.2) is 6.04 Å². The lowest BCUT2D eigenvalue weighted by Crippen LogP contribution is -2.59. The predicted molar refractivity (Wildman–Crippen MR) is 108 cm³/mol. The van der Waals surface area contributed by atoms with Crippen molar-refractivity contribution in [1.82, 2.24) is 5.32 Å². The highest BCUT2D eigenvalue weighted by molar-refractivity contribution is 5.91. The van der Waals surface area contributed by atoms with Crippen LogP contribution in [0.25, 0.3) is 0 Å². The van der Waals surface area contributed by atoms with Gasteiger partial charge in [-0.25, -0.2) is 9.59 Å². The minimum Gasteiger partial charge on any atom is -0.491 e. The molecule has 0 saturated carbocycles. The van der Waals surface area contributed by atoms with Crippen molar-refractivity contribution < 1.29 is 46.5 Å². The van der Waals surface area contributed by atoms with E-state index >= 15 is 0 Å². The lowest BCUT2D eigenvalue weighted by molar-refractivity contribution is -0.266. The van der Waals surface area contributed by atoms with Gasteiger partial charge in [0, 0.05) is 12.7 Å². The summed E-state index contributed by atoms with van der Waals surface area (Å²) in [6.45, 7) is -0.553. The van der Waals surface area contributed by atoms with Crippen LogP contribution in [0.5, 0.6) is 5.75 Å². The van der Waals surface area contributed by atoms with Crippen LogP contribution in [0.15, 0.2) is 54.6 Å². The molecule has 0 radical (unpaired) electrons. The Labute approximate surface area is 187 Å². The fraction of sp³-hybridized carbons (Fsp3) is 0.318. The topological polar surface area (TPSA) is 100 Å². The molecule has 2 atom stereocenters. The van der Waals surface area contributed by atoms with E-state index in [0.29, 0.717) is 0 Å². The van der Waals surface area contributed by atoms with Crippen molar-refractivity contribution in [2.75, 3.05) is 27.9 Å². The zero-order valence-electron chi connectivity index (χ0n) is 18.0. The third-order valence-electron chi connectivity index (χ3n) is 4.69. The van der Waals surface area contributed by atoms with Crippen molar-refractivity contribution in [2.24, 2.45) is 0 Å². The van der Waals surface area contributed by atoms with E-state index < -0.39 is 47.8 Å². The molecule has 2 aromatic carbocycles. The van der Waals surface area contributed by atoms with Gasteiger partial charge < -0.3 is 24.3 Å². The Kier molecular flexibility index (Phi) is 8.41. The van der Waals surface area contributed by atoms with Gasteiger partial charge in [-0.05, 0) is 24.3 Å². The van der Waals surface area contributed by atoms with E-state index in [2.05, 4.69) is 9.47 Å². The molecule has 0 spiro atoms. The molecule has 0 fully saturated rings. The Morgan fingerprint density at radius 2 is 1.52 bits per heavy atom. The second-order valence-corrected chi connectivity index (χ2v) is 6.63. The largest absolute Gasteiger partial charge is 0.491 e. The molecule has 2 rings (SSSR count). The van der Waals surface area contributed by atoms with E-state index in [0.717, 1.165) is 26.4 Å². The molecule has 11 heteroatoms. The number of benzene rings is 2. The maximum Gasteiger partial charge on any atom is 0.430 e. The first kappa shape index (κ1) is 25.7. The number of hydrogen-bond donors (Lipinski definition) is 1. The number of methoxy groups -OCH3 is 3. The van der Waals surface area contributed by atoms with E-state index in [4.69, 9.17) is 9.47 Å². The molecule has 2 aromatic rings. The van der Waals surface area contributed by atoms with E-state index in [1.807, 2.05) is 5.32 Å². The Bertz CT molecular complexity index is 964. The SMILES string of the molecule is COC(=O)c1ccc(OC[C@H](NC(=O)[C@@](OC)(c2ccccc2)C(F)(F)F)C(=O)OC)cc1. The maximum absolute atomic E-state index is 14.1. The average molecular weight is 469 g/mol. The van der Waals surface area contributed by atoms with Crippen LogP contribution in [0, 0.1) is 0 Å². The van der Waals surface area contributed by atoms with Gasteiger partial charge in [-0.3, -0.25) is 4.79 Å². The maximum atomic E-state index is 14.1. The van der Waals surface area contributed by atoms with E-state index in [-0.39, 0.29) is 11.3 Å². The summed E-state index contributed by atoms with van der Waals surface area (Å²) in [6.07, 6.45) is -5.15. The van der Waals surface area contributed by atoms with Gasteiger partial charge in [0.25, 0.3) is 11.5 Å². The molecule has 0 bridgehead atoms. The lowest BCUT2D eigenvalue weighted by Gasteiger charge is -2.34. The molecule has 0 heterocycles. The molecule has 8 nitrogen and oxygen atoms in total. The number of alkyl halides is 3. The number of ether oxygens (including phenoxy) is 4. The molecule has 1 N–H and O–H groups in total. The highest BCUT2D eigenvalue weighted by atomic mass is 19.4. The van der Waals surface area contributed by atoms with Crippen LogP contribution in [-0.4, -0.2) is 58.0 Å². The summed E-state index contributed by atoms with van der Waals surface area (Å²) in [6, 6.07) is 10.3. The fourth-order valence-corrected chi connectivity index (χ4v) is 2.98. The van der Waals surface area contributed by atoms with Crippen LogP contribution in [-0.2, 0) is 29.4 Å². The summed E-state index contributed by atoms with van der Waals surface area (Å²) in [5.41, 5.74) is -3.61. The van der Waals surface area contributed by atoms with E-state index in [1.54, 1.807) is 0 Å². The highest BCUT2D eigenvalue weighted by Gasteiger charge is 2.63. The number of rotatable bonds is 9. The van der Waals surface area contributed by atoms with Gasteiger partial charge >= 0.3 is 18.1 Å². The quantitative estimate of drug-likeness (QED) is 0.564. The summed E-state index contributed by atoms with van der Waals surface area (Å²) in [5, 5.41) is 2.02. The Balaban J connectivity index is 2.26. The number of halogens is 3. The van der Waals surface area contributed by atoms with Gasteiger partial charge in [-0.1, -0.05) is 30.3 Å². The zero-order chi connectivity index (χ0) is 24.6. The van der Waals surface area contributed by atoms with Crippen LogP contribution in [0.1, 0.15) is 15.9 Å². The number of esters is 2. The van der Waals surface area contributed by atoms with Crippen LogP contribution >= 0.6 is 0 Å². The van der Waals surface area contributed by atoms with Gasteiger partial charge in [0.1, 0.15) is 12.4 Å². The van der Waals surface area contributed by atoms with Crippen LogP contribution in [0.4, 0.5) is 13.2 Å². The number of hydrogen-bond acceptors (Lipinski definition) is 7. The summed E-state index contributed by atoms with van der Waals surface area (Å²) in [4.78, 5) is 36.5. The average Bonchev–Trinajstić information content (AvgIpc) is 2.81. The molecular formula is C22H22F3NO7. The van der Waals surface area contributed by atoms with Gasteiger partial charge in [-0.15, -0.1) is 0 Å². The minimum absolute atomic E-state index is 0.183. The third-order valence-corrected chi connectivity index (χ3v) is 4.69. The number of nitrogens with one attached hydrogen (secondary N) is 1. The second-order valence-electron chi connectivity index (χ2n) is 6.63. The molecule has 0 aliphatic carbocycles. The summed E-state index contributed by atoms with van der Waals surface area (Å²) in [7, 11) is 2.97. The zero-order valence-corrected chi connectivity index (χ0v) is 18.0. The standard InChI is InChI=1S/C22H22F3NO7/c1-30-18(27)14-9-11-16(12-10-14)33-13-17(19(28)31-2)26-20(29)21(32-3,22(23,24)25)15-7-5-4-6-8-15/h4-12,17H,13H2,1-3H3,(H,26,29)/t17-,21-/m0/s1. The Morgan fingerprint density at radius 3 is 2.00 bits per heavy atom. The second kappa shape index (κ2) is 10.8. The summed E-state index contributed by atoms with van der Waals surface area (Å²) in [5.74, 6) is -3.05. The van der Waals surface area contributed by atoms with Crippen molar-refractivity contribution in [1.29, 1.82) is 0 Å². The van der Waals surface area contributed by atoms with Crippen molar-refractivity contribution in [3.05, 3.63) is 65.7 Å². The molecular weight excluding hydrogens is 447 g/mol.